The predicted octanol–water partition coefficient (Wildman–Crippen LogP) is 10.6. The van der Waals surface area contributed by atoms with Gasteiger partial charge in [-0.3, -0.25) is 0 Å². The maximum atomic E-state index is 7.10. The van der Waals surface area contributed by atoms with E-state index in [-0.39, 0.29) is 21.7 Å². The zero-order chi connectivity index (χ0) is 31.7. The molecular formula is C40H46NO2P. The lowest BCUT2D eigenvalue weighted by atomic mass is 9.85. The highest BCUT2D eigenvalue weighted by molar-refractivity contribution is 7.81. The van der Waals surface area contributed by atoms with Gasteiger partial charge in [-0.15, -0.1) is 0 Å². The van der Waals surface area contributed by atoms with Crippen LogP contribution in [0.5, 0.6) is 23.0 Å². The van der Waals surface area contributed by atoms with Gasteiger partial charge in [0, 0.05) is 24.7 Å². The molecule has 0 fully saturated rings. The van der Waals surface area contributed by atoms with E-state index in [1.54, 1.807) is 0 Å². The Labute approximate surface area is 265 Å². The Balaban J connectivity index is 1.59. The molecule has 44 heavy (non-hydrogen) atoms. The summed E-state index contributed by atoms with van der Waals surface area (Å²) in [5, 5.41) is 3.84. The van der Waals surface area contributed by atoms with E-state index in [4.69, 9.17) is 9.47 Å². The zero-order valence-corrected chi connectivity index (χ0v) is 29.4. The van der Waals surface area contributed by atoms with E-state index in [1.807, 2.05) is 0 Å². The average molecular weight is 604 g/mol. The first-order valence-corrected chi connectivity index (χ1v) is 17.3. The van der Waals surface area contributed by atoms with Gasteiger partial charge in [-0.25, -0.2) is 0 Å². The topological polar surface area (TPSA) is 21.7 Å². The average Bonchev–Trinajstić information content (AvgIpc) is 2.90. The summed E-state index contributed by atoms with van der Waals surface area (Å²) in [5.74, 6) is 3.96. The molecule has 7 rings (SSSR count). The van der Waals surface area contributed by atoms with Gasteiger partial charge >= 0.3 is 0 Å². The smallest absolute Gasteiger partial charge is 0.141 e. The lowest BCUT2D eigenvalue weighted by Gasteiger charge is -2.46. The zero-order valence-electron chi connectivity index (χ0n) is 28.5. The second kappa shape index (κ2) is 9.13. The van der Waals surface area contributed by atoms with Crippen molar-refractivity contribution in [3.05, 3.63) is 82.9 Å². The molecule has 0 unspecified atom stereocenters. The van der Waals surface area contributed by atoms with E-state index < -0.39 is 7.92 Å². The lowest BCUT2D eigenvalue weighted by Crippen LogP contribution is -2.41. The summed E-state index contributed by atoms with van der Waals surface area (Å²) in [5.41, 5.74) is 8.52. The molecule has 4 aromatic carbocycles. The fraction of sp³-hybridized carbons (Fsp3) is 0.400. The van der Waals surface area contributed by atoms with Crippen LogP contribution in [0.25, 0.3) is 0 Å². The van der Waals surface area contributed by atoms with Crippen LogP contribution in [0.4, 0.5) is 17.1 Å². The normalized spacial score (nSPS) is 15.5. The van der Waals surface area contributed by atoms with Gasteiger partial charge in [-0.2, -0.15) is 0 Å². The third-order valence-corrected chi connectivity index (χ3v) is 12.0. The summed E-state index contributed by atoms with van der Waals surface area (Å²) in [6.07, 6.45) is 0. The van der Waals surface area contributed by atoms with Crippen molar-refractivity contribution in [2.75, 3.05) is 4.90 Å². The molecule has 3 heterocycles. The van der Waals surface area contributed by atoms with Gasteiger partial charge in [0.2, 0.25) is 0 Å². The van der Waals surface area contributed by atoms with E-state index >= 15 is 0 Å². The Kier molecular flexibility index (Phi) is 6.11. The van der Waals surface area contributed by atoms with Crippen LogP contribution in [0.2, 0.25) is 0 Å². The quantitative estimate of drug-likeness (QED) is 0.174. The van der Waals surface area contributed by atoms with Crippen LogP contribution in [0, 0.1) is 0 Å². The molecule has 0 aliphatic carbocycles. The molecule has 3 aliphatic rings. The fourth-order valence-corrected chi connectivity index (χ4v) is 9.65. The Bertz CT molecular complexity index is 1740. The van der Waals surface area contributed by atoms with E-state index in [0.29, 0.717) is 0 Å². The van der Waals surface area contributed by atoms with Crippen molar-refractivity contribution in [1.82, 2.24) is 0 Å². The second-order valence-corrected chi connectivity index (χ2v) is 18.9. The van der Waals surface area contributed by atoms with Crippen molar-refractivity contribution in [1.29, 1.82) is 0 Å². The van der Waals surface area contributed by atoms with E-state index in [2.05, 4.69) is 149 Å². The number of hydrogen-bond acceptors (Lipinski definition) is 3. The van der Waals surface area contributed by atoms with Crippen LogP contribution < -0.4 is 30.3 Å². The first-order chi connectivity index (χ1) is 20.4. The second-order valence-electron chi connectivity index (χ2n) is 16.9. The van der Waals surface area contributed by atoms with Crippen LogP contribution >= 0.6 is 7.92 Å². The summed E-state index contributed by atoms with van der Waals surface area (Å²) in [6, 6.07) is 23.0. The van der Waals surface area contributed by atoms with Gasteiger partial charge in [0.1, 0.15) is 23.0 Å². The highest BCUT2D eigenvalue weighted by Crippen LogP contribution is 2.62. The van der Waals surface area contributed by atoms with Gasteiger partial charge in [0.25, 0.3) is 0 Å². The van der Waals surface area contributed by atoms with Crippen LogP contribution in [0.15, 0.2) is 60.7 Å². The first-order valence-electron chi connectivity index (χ1n) is 16.0. The minimum Gasteiger partial charge on any atom is -0.455 e. The molecule has 4 aromatic rings. The van der Waals surface area contributed by atoms with Gasteiger partial charge in [0.15, 0.2) is 0 Å². The number of anilines is 3. The molecule has 0 bridgehead atoms. The number of hydrogen-bond donors (Lipinski definition) is 0. The van der Waals surface area contributed by atoms with Crippen molar-refractivity contribution < 1.29 is 9.47 Å². The molecule has 0 radical (unpaired) electrons. The summed E-state index contributed by atoms with van der Waals surface area (Å²) in [6.45, 7) is 27.4. The molecule has 0 atom stereocenters. The van der Waals surface area contributed by atoms with E-state index in [9.17, 15) is 0 Å². The fourth-order valence-electron chi connectivity index (χ4n) is 6.77. The third kappa shape index (κ3) is 4.33. The molecule has 0 N–H and O–H groups in total. The molecule has 0 spiro atoms. The van der Waals surface area contributed by atoms with Crippen molar-refractivity contribution in [2.45, 2.75) is 105 Å². The number of nitrogens with zero attached hydrogens (tertiary/aromatic N) is 1. The minimum atomic E-state index is -0.912. The molecule has 3 nitrogen and oxygen atoms in total. The van der Waals surface area contributed by atoms with Gasteiger partial charge < -0.3 is 14.4 Å². The third-order valence-electron chi connectivity index (χ3n) is 9.31. The maximum absolute atomic E-state index is 7.10. The molecule has 228 valence electrons. The molecule has 0 saturated heterocycles. The van der Waals surface area contributed by atoms with Gasteiger partial charge in [-0.05, 0) is 69.2 Å². The highest BCUT2D eigenvalue weighted by Gasteiger charge is 2.48. The number of ether oxygens (including phenoxy) is 2. The van der Waals surface area contributed by atoms with Crippen molar-refractivity contribution in [3.8, 4) is 23.0 Å². The van der Waals surface area contributed by atoms with Crippen LogP contribution in [-0.4, -0.2) is 0 Å². The van der Waals surface area contributed by atoms with Crippen LogP contribution in [0.3, 0.4) is 0 Å². The lowest BCUT2D eigenvalue weighted by molar-refractivity contribution is 0.438. The first kappa shape index (κ1) is 29.4. The van der Waals surface area contributed by atoms with Gasteiger partial charge in [-0.1, -0.05) is 107 Å². The summed E-state index contributed by atoms with van der Waals surface area (Å²) in [4.78, 5) is 2.45. The number of rotatable bonds is 1. The Morgan fingerprint density at radius 3 is 1.30 bits per heavy atom. The number of benzene rings is 4. The van der Waals surface area contributed by atoms with E-state index in [0.717, 1.165) is 28.7 Å². The van der Waals surface area contributed by atoms with Crippen molar-refractivity contribution in [2.24, 2.45) is 0 Å². The monoisotopic (exact) mass is 603 g/mol. The Hall–Kier alpha value is -3.29. The minimum absolute atomic E-state index is 0.0436. The van der Waals surface area contributed by atoms with Crippen LogP contribution in [0.1, 0.15) is 105 Å². The van der Waals surface area contributed by atoms with Crippen molar-refractivity contribution >= 4 is 40.9 Å². The standard InChI is InChI=1S/C40H46NO2P/c1-37(2,3)23-13-15-25(16-14-23)41-28-19-17-26(39(7,8)9)32-34(28)44-35-29(41)20-18-27(40(10,11)12)33(35)43-31-22-24(38(4,5)6)21-30(42-32)36(31)44/h13-22H,1-12H3. The summed E-state index contributed by atoms with van der Waals surface area (Å²) in [7, 11) is -0.912. The molecule has 4 heteroatoms. The van der Waals surface area contributed by atoms with E-state index in [1.165, 1.54) is 49.5 Å². The highest BCUT2D eigenvalue weighted by atomic mass is 31.1. The summed E-state index contributed by atoms with van der Waals surface area (Å²) < 4.78 is 14.2. The Morgan fingerprint density at radius 2 is 0.909 bits per heavy atom. The molecule has 0 saturated carbocycles. The largest absolute Gasteiger partial charge is 0.455 e. The molecule has 0 aromatic heterocycles. The predicted molar refractivity (Wildman–Crippen MR) is 188 cm³/mol. The molecule has 3 aliphatic heterocycles. The van der Waals surface area contributed by atoms with Crippen LogP contribution in [-0.2, 0) is 21.7 Å². The summed E-state index contributed by atoms with van der Waals surface area (Å²) >= 11 is 0. The van der Waals surface area contributed by atoms with Crippen molar-refractivity contribution in [3.63, 3.8) is 0 Å². The Morgan fingerprint density at radius 1 is 0.477 bits per heavy atom. The maximum Gasteiger partial charge on any atom is 0.141 e. The SMILES string of the molecule is CC(C)(C)c1ccc(N2c3ccc(C(C)(C)C)c4c3P3c5c(cc(C(C)(C)C)cc5Oc5c(C(C)(C)C)ccc2c53)O4)cc1. The molecule has 0 amide bonds. The molecular weight excluding hydrogens is 557 g/mol. The van der Waals surface area contributed by atoms with Gasteiger partial charge in [0.05, 0.1) is 27.3 Å².